The third-order valence-corrected chi connectivity index (χ3v) is 1.19. The second-order valence-corrected chi connectivity index (χ2v) is 1.82. The minimum absolute atomic E-state index is 0.568. The molecular formula is C5H7O3. The van der Waals surface area contributed by atoms with Gasteiger partial charge in [0.15, 0.2) is 6.10 Å². The van der Waals surface area contributed by atoms with Gasteiger partial charge in [0, 0.05) is 6.61 Å². The maximum absolute atomic E-state index is 9.97. The lowest BCUT2D eigenvalue weighted by Crippen LogP contribution is -2.16. The molecule has 0 aromatic rings. The molecule has 0 aromatic carbocycles. The predicted octanol–water partition coefficient (Wildman–Crippen LogP) is 0.122. The average molecular weight is 115 g/mol. The Labute approximate surface area is 47.3 Å². The summed E-state index contributed by atoms with van der Waals surface area (Å²) in [5.41, 5.74) is 0. The van der Waals surface area contributed by atoms with E-state index in [9.17, 15) is 9.90 Å². The topological polar surface area (TPSA) is 46.2 Å². The van der Waals surface area contributed by atoms with Gasteiger partial charge in [-0.15, -0.1) is 0 Å². The molecule has 1 aliphatic heterocycles. The molecule has 1 aliphatic rings. The van der Waals surface area contributed by atoms with Crippen LogP contribution >= 0.6 is 0 Å². The fraction of sp³-hybridized carbons (Fsp3) is 0.800. The number of carbonyl (C=O) groups is 1. The molecule has 0 bridgehead atoms. The number of hydrogen-bond acceptors (Lipinski definition) is 2. The van der Waals surface area contributed by atoms with Crippen LogP contribution in [0.5, 0.6) is 0 Å². The van der Waals surface area contributed by atoms with Crippen LogP contribution in [0.3, 0.4) is 0 Å². The molecule has 3 heteroatoms. The molecule has 0 unspecified atom stereocenters. The summed E-state index contributed by atoms with van der Waals surface area (Å²) in [6, 6.07) is 0. The molecule has 3 nitrogen and oxygen atoms in total. The van der Waals surface area contributed by atoms with Gasteiger partial charge < -0.3 is 4.74 Å². The zero-order chi connectivity index (χ0) is 5.98. The first-order valence-corrected chi connectivity index (χ1v) is 2.63. The molecule has 45 valence electrons. The minimum Gasteiger partial charge on any atom is -0.366 e. The second kappa shape index (κ2) is 2.13. The zero-order valence-electron chi connectivity index (χ0n) is 4.42. The Kier molecular flexibility index (Phi) is 1.48. The molecule has 1 saturated heterocycles. The molecule has 0 spiro atoms. The summed E-state index contributed by atoms with van der Waals surface area (Å²) in [7, 11) is 0. The first-order chi connectivity index (χ1) is 3.80. The monoisotopic (exact) mass is 115 g/mol. The molecule has 1 fully saturated rings. The van der Waals surface area contributed by atoms with E-state index < -0.39 is 12.1 Å². The first kappa shape index (κ1) is 5.56. The van der Waals surface area contributed by atoms with Gasteiger partial charge in [-0.3, -0.25) is 0 Å². The fourth-order valence-electron chi connectivity index (χ4n) is 0.764. The Hall–Kier alpha value is -0.570. The maximum atomic E-state index is 9.97. The van der Waals surface area contributed by atoms with Crippen molar-refractivity contribution in [2.75, 3.05) is 6.61 Å². The van der Waals surface area contributed by atoms with Crippen LogP contribution in [0, 0.1) is 0 Å². The van der Waals surface area contributed by atoms with Gasteiger partial charge in [0.2, 0.25) is 0 Å². The molecule has 1 rings (SSSR count). The van der Waals surface area contributed by atoms with Crippen molar-refractivity contribution in [2.24, 2.45) is 0 Å². The largest absolute Gasteiger partial charge is 0.383 e. The molecule has 0 N–H and O–H groups in total. The van der Waals surface area contributed by atoms with E-state index in [-0.39, 0.29) is 0 Å². The lowest BCUT2D eigenvalue weighted by atomic mass is 10.2. The summed E-state index contributed by atoms with van der Waals surface area (Å²) >= 11 is 0. The van der Waals surface area contributed by atoms with Crippen LogP contribution in [0.1, 0.15) is 12.8 Å². The van der Waals surface area contributed by atoms with Crippen molar-refractivity contribution < 1.29 is 14.6 Å². The highest BCUT2D eigenvalue weighted by Gasteiger charge is 2.23. The third-order valence-electron chi connectivity index (χ3n) is 1.19. The van der Waals surface area contributed by atoms with E-state index in [0.29, 0.717) is 13.0 Å². The lowest BCUT2D eigenvalue weighted by Gasteiger charge is -1.96. The Morgan fingerprint density at radius 1 is 1.62 bits per heavy atom. The van der Waals surface area contributed by atoms with Gasteiger partial charge in [-0.1, -0.05) is 0 Å². The Bertz CT molecular complexity index is 93.8. The van der Waals surface area contributed by atoms with E-state index in [1.807, 2.05) is 0 Å². The van der Waals surface area contributed by atoms with E-state index in [4.69, 9.17) is 4.74 Å². The maximum Gasteiger partial charge on any atom is 0.383 e. The number of ether oxygens (including phenoxy) is 1. The lowest BCUT2D eigenvalue weighted by molar-refractivity contribution is -0.153. The Morgan fingerprint density at radius 3 is 2.62 bits per heavy atom. The first-order valence-electron chi connectivity index (χ1n) is 2.63. The van der Waals surface area contributed by atoms with Crippen LogP contribution in [0.2, 0.25) is 0 Å². The van der Waals surface area contributed by atoms with Crippen LogP contribution < -0.4 is 0 Å². The Balaban J connectivity index is 2.35. The molecule has 8 heavy (non-hydrogen) atoms. The highest BCUT2D eigenvalue weighted by Crippen LogP contribution is 2.11. The van der Waals surface area contributed by atoms with E-state index in [1.165, 1.54) is 0 Å². The molecule has 1 radical (unpaired) electrons. The quantitative estimate of drug-likeness (QED) is 0.487. The number of rotatable bonds is 1. The van der Waals surface area contributed by atoms with E-state index in [0.717, 1.165) is 6.42 Å². The smallest absolute Gasteiger partial charge is 0.366 e. The zero-order valence-corrected chi connectivity index (χ0v) is 4.42. The van der Waals surface area contributed by atoms with Gasteiger partial charge in [-0.05, 0) is 12.8 Å². The summed E-state index contributed by atoms with van der Waals surface area (Å²) in [6.07, 6.45) is 0.830. The molecule has 1 atom stereocenters. The molecule has 1 heterocycles. The van der Waals surface area contributed by atoms with Crippen molar-refractivity contribution in [1.29, 1.82) is 0 Å². The van der Waals surface area contributed by atoms with Crippen LogP contribution in [0.4, 0.5) is 0 Å². The minimum atomic E-state index is -1.08. The standard InChI is InChI=1S/C5H7O3/c6-5(7)4-2-1-3-8-4/h4H,1-3H2/t4-/m0/s1. The van der Waals surface area contributed by atoms with Crippen molar-refractivity contribution in [1.82, 2.24) is 0 Å². The van der Waals surface area contributed by atoms with E-state index in [2.05, 4.69) is 0 Å². The van der Waals surface area contributed by atoms with Crippen molar-refractivity contribution in [2.45, 2.75) is 18.9 Å². The summed E-state index contributed by atoms with van der Waals surface area (Å²) in [6.45, 7) is 0.568. The van der Waals surface area contributed by atoms with Crippen LogP contribution in [-0.2, 0) is 14.6 Å². The van der Waals surface area contributed by atoms with Crippen LogP contribution in [0.25, 0.3) is 0 Å². The third kappa shape index (κ3) is 0.980. The van der Waals surface area contributed by atoms with Crippen LogP contribution in [-0.4, -0.2) is 18.7 Å². The summed E-state index contributed by atoms with van der Waals surface area (Å²) in [5.74, 6) is -1.08. The Morgan fingerprint density at radius 2 is 2.38 bits per heavy atom. The summed E-state index contributed by atoms with van der Waals surface area (Å²) in [4.78, 5) is 9.97. The molecular weight excluding hydrogens is 108 g/mol. The second-order valence-electron chi connectivity index (χ2n) is 1.82. The number of carbonyl (C=O) groups excluding carboxylic acids is 1. The van der Waals surface area contributed by atoms with Gasteiger partial charge in [-0.25, -0.2) is 9.90 Å². The summed E-state index contributed by atoms with van der Waals surface area (Å²) in [5, 5.41) is 9.97. The van der Waals surface area contributed by atoms with Crippen molar-refractivity contribution in [3.63, 3.8) is 0 Å². The van der Waals surface area contributed by atoms with Crippen LogP contribution in [0.15, 0.2) is 0 Å². The van der Waals surface area contributed by atoms with Gasteiger partial charge in [0.25, 0.3) is 0 Å². The van der Waals surface area contributed by atoms with Crippen molar-refractivity contribution in [3.05, 3.63) is 0 Å². The molecule has 0 amide bonds. The molecule has 0 saturated carbocycles. The van der Waals surface area contributed by atoms with Gasteiger partial charge in [0.05, 0.1) is 0 Å². The van der Waals surface area contributed by atoms with Crippen molar-refractivity contribution in [3.8, 4) is 0 Å². The SMILES string of the molecule is [O]C(=O)[C@@H]1CCCO1. The highest BCUT2D eigenvalue weighted by atomic mass is 16.5. The van der Waals surface area contributed by atoms with Gasteiger partial charge >= 0.3 is 5.97 Å². The highest BCUT2D eigenvalue weighted by molar-refractivity contribution is 5.72. The summed E-state index contributed by atoms with van der Waals surface area (Å²) < 4.78 is 4.75. The van der Waals surface area contributed by atoms with Crippen molar-refractivity contribution >= 4 is 5.97 Å². The van der Waals surface area contributed by atoms with Gasteiger partial charge in [0.1, 0.15) is 0 Å². The fourth-order valence-corrected chi connectivity index (χ4v) is 0.764. The predicted molar refractivity (Wildman–Crippen MR) is 24.7 cm³/mol. The van der Waals surface area contributed by atoms with E-state index in [1.54, 1.807) is 0 Å². The average Bonchev–Trinajstić information content (AvgIpc) is 2.12. The number of hydrogen-bond donors (Lipinski definition) is 0. The van der Waals surface area contributed by atoms with E-state index >= 15 is 0 Å². The van der Waals surface area contributed by atoms with Gasteiger partial charge in [-0.2, -0.15) is 0 Å². The molecule has 0 aromatic heterocycles. The normalized spacial score (nSPS) is 28.2. The molecule has 0 aliphatic carbocycles.